The predicted molar refractivity (Wildman–Crippen MR) is 88.9 cm³/mol. The minimum atomic E-state index is 0.612. The van der Waals surface area contributed by atoms with Crippen LogP contribution in [0.1, 0.15) is 12.6 Å². The molecule has 4 nitrogen and oxygen atoms in total. The van der Waals surface area contributed by atoms with Gasteiger partial charge in [-0.2, -0.15) is 0 Å². The van der Waals surface area contributed by atoms with E-state index in [-0.39, 0.29) is 0 Å². The van der Waals surface area contributed by atoms with E-state index < -0.39 is 0 Å². The molecular weight excluding hydrogens is 300 g/mol. The molecule has 0 N–H and O–H groups in total. The molecule has 0 spiro atoms. The quantitative estimate of drug-likeness (QED) is 0.847. The summed E-state index contributed by atoms with van der Waals surface area (Å²) in [6, 6.07) is 7.97. The molecule has 0 unspecified atom stereocenters. The van der Waals surface area contributed by atoms with E-state index >= 15 is 0 Å². The maximum atomic E-state index is 6.34. The highest BCUT2D eigenvalue weighted by Gasteiger charge is 2.13. The van der Waals surface area contributed by atoms with Gasteiger partial charge in [0.2, 0.25) is 5.88 Å². The third-order valence-corrected chi connectivity index (χ3v) is 4.25. The highest BCUT2D eigenvalue weighted by molar-refractivity contribution is 6.36. The molecule has 0 amide bonds. The van der Waals surface area contributed by atoms with Crippen LogP contribution < -0.4 is 4.74 Å². The first kappa shape index (κ1) is 15.5. The average Bonchev–Trinajstić information content (AvgIpc) is 2.55. The van der Waals surface area contributed by atoms with Gasteiger partial charge in [-0.3, -0.25) is 4.90 Å². The first-order valence-electron chi connectivity index (χ1n) is 7.79. The fourth-order valence-corrected chi connectivity index (χ4v) is 2.93. The Bertz CT molecular complexity index is 642. The Hall–Kier alpha value is -1.36. The largest absolute Gasteiger partial charge is 0.476 e. The van der Waals surface area contributed by atoms with E-state index in [1.807, 2.05) is 12.1 Å². The molecule has 5 heteroatoms. The fraction of sp³-hybridized carbons (Fsp3) is 0.471. The number of halogens is 1. The van der Waals surface area contributed by atoms with Crippen molar-refractivity contribution in [3.05, 3.63) is 35.0 Å². The second kappa shape index (κ2) is 7.27. The summed E-state index contributed by atoms with van der Waals surface area (Å²) in [5, 5.41) is 2.68. The molecule has 0 saturated carbocycles. The van der Waals surface area contributed by atoms with Crippen molar-refractivity contribution in [3.8, 4) is 5.88 Å². The van der Waals surface area contributed by atoms with E-state index in [9.17, 15) is 0 Å². The predicted octanol–water partition coefficient (Wildman–Crippen LogP) is 3.16. The SMILES string of the molecule is CCc1cc2cccc(Cl)c2c(OCCN2CCOCC2)n1. The van der Waals surface area contributed by atoms with Gasteiger partial charge in [-0.15, -0.1) is 0 Å². The molecule has 2 heterocycles. The standard InChI is InChI=1S/C17H21ClN2O2/c1-2-14-12-13-4-3-5-15(18)16(13)17(19-14)22-11-8-20-6-9-21-10-7-20/h3-5,12H,2,6-11H2,1H3. The maximum Gasteiger partial charge on any atom is 0.223 e. The highest BCUT2D eigenvalue weighted by Crippen LogP contribution is 2.31. The summed E-state index contributed by atoms with van der Waals surface area (Å²) in [7, 11) is 0. The lowest BCUT2D eigenvalue weighted by Crippen LogP contribution is -2.38. The molecule has 0 aliphatic carbocycles. The van der Waals surface area contributed by atoms with Crippen LogP contribution in [0.25, 0.3) is 10.8 Å². The molecule has 1 aromatic carbocycles. The van der Waals surface area contributed by atoms with Gasteiger partial charge in [0.15, 0.2) is 0 Å². The van der Waals surface area contributed by atoms with Crippen molar-refractivity contribution in [3.63, 3.8) is 0 Å². The second-order valence-corrected chi connectivity index (χ2v) is 5.82. The molecule has 1 aromatic heterocycles. The number of pyridine rings is 1. The first-order chi connectivity index (χ1) is 10.8. The molecular formula is C17H21ClN2O2. The van der Waals surface area contributed by atoms with E-state index in [2.05, 4.69) is 28.9 Å². The molecule has 2 aromatic rings. The van der Waals surface area contributed by atoms with Crippen LogP contribution in [0.15, 0.2) is 24.3 Å². The molecule has 1 aliphatic heterocycles. The van der Waals surface area contributed by atoms with E-state index in [4.69, 9.17) is 21.1 Å². The van der Waals surface area contributed by atoms with Crippen molar-refractivity contribution in [2.24, 2.45) is 0 Å². The van der Waals surface area contributed by atoms with Crippen molar-refractivity contribution in [2.75, 3.05) is 39.5 Å². The number of rotatable bonds is 5. The number of aromatic nitrogens is 1. The van der Waals surface area contributed by atoms with E-state index in [1.54, 1.807) is 0 Å². The van der Waals surface area contributed by atoms with Gasteiger partial charge >= 0.3 is 0 Å². The molecule has 118 valence electrons. The zero-order chi connectivity index (χ0) is 15.4. The third-order valence-electron chi connectivity index (χ3n) is 3.94. The number of aryl methyl sites for hydroxylation is 1. The molecule has 0 radical (unpaired) electrons. The Morgan fingerprint density at radius 2 is 2.14 bits per heavy atom. The zero-order valence-corrected chi connectivity index (χ0v) is 13.6. The lowest BCUT2D eigenvalue weighted by Gasteiger charge is -2.26. The number of ether oxygens (including phenoxy) is 2. The topological polar surface area (TPSA) is 34.6 Å². The van der Waals surface area contributed by atoms with Gasteiger partial charge in [0, 0.05) is 25.3 Å². The summed E-state index contributed by atoms with van der Waals surface area (Å²) in [4.78, 5) is 6.96. The van der Waals surface area contributed by atoms with Gasteiger partial charge in [0.05, 0.1) is 23.6 Å². The number of morpholine rings is 1. The Morgan fingerprint density at radius 1 is 1.32 bits per heavy atom. The maximum absolute atomic E-state index is 6.34. The molecule has 0 atom stereocenters. The Morgan fingerprint density at radius 3 is 2.91 bits per heavy atom. The van der Waals surface area contributed by atoms with Crippen molar-refractivity contribution in [1.29, 1.82) is 0 Å². The number of hydrogen-bond acceptors (Lipinski definition) is 4. The first-order valence-corrected chi connectivity index (χ1v) is 8.17. The minimum Gasteiger partial charge on any atom is -0.476 e. The lowest BCUT2D eigenvalue weighted by molar-refractivity contribution is 0.0321. The van der Waals surface area contributed by atoms with Crippen LogP contribution in [0.3, 0.4) is 0 Å². The van der Waals surface area contributed by atoms with Crippen LogP contribution in [-0.2, 0) is 11.2 Å². The summed E-state index contributed by atoms with van der Waals surface area (Å²) in [5.74, 6) is 0.646. The average molecular weight is 321 g/mol. The number of fused-ring (bicyclic) bond motifs is 1. The molecule has 1 saturated heterocycles. The fourth-order valence-electron chi connectivity index (χ4n) is 2.67. The summed E-state index contributed by atoms with van der Waals surface area (Å²) in [6.07, 6.45) is 0.877. The van der Waals surface area contributed by atoms with E-state index in [0.717, 1.165) is 55.7 Å². The normalized spacial score (nSPS) is 16.1. The monoisotopic (exact) mass is 320 g/mol. The van der Waals surface area contributed by atoms with Crippen LogP contribution in [0.4, 0.5) is 0 Å². The van der Waals surface area contributed by atoms with Crippen molar-refractivity contribution in [1.82, 2.24) is 9.88 Å². The second-order valence-electron chi connectivity index (χ2n) is 5.41. The van der Waals surface area contributed by atoms with Crippen molar-refractivity contribution >= 4 is 22.4 Å². The minimum absolute atomic E-state index is 0.612. The third kappa shape index (κ3) is 3.51. The van der Waals surface area contributed by atoms with Crippen LogP contribution in [0.5, 0.6) is 5.88 Å². The summed E-state index contributed by atoms with van der Waals surface area (Å²) in [5.41, 5.74) is 1.02. The van der Waals surface area contributed by atoms with Gasteiger partial charge in [-0.25, -0.2) is 4.98 Å². The molecule has 3 rings (SSSR count). The lowest BCUT2D eigenvalue weighted by atomic mass is 10.1. The summed E-state index contributed by atoms with van der Waals surface area (Å²) in [6.45, 7) is 7.13. The Balaban J connectivity index is 1.76. The Kier molecular flexibility index (Phi) is 5.13. The van der Waals surface area contributed by atoms with Gasteiger partial charge in [-0.05, 0) is 23.9 Å². The Labute approximate surface area is 136 Å². The van der Waals surface area contributed by atoms with Gasteiger partial charge in [-0.1, -0.05) is 30.7 Å². The smallest absolute Gasteiger partial charge is 0.223 e. The zero-order valence-electron chi connectivity index (χ0n) is 12.8. The van der Waals surface area contributed by atoms with Crippen LogP contribution in [0, 0.1) is 0 Å². The summed E-state index contributed by atoms with van der Waals surface area (Å²) >= 11 is 6.34. The number of benzene rings is 1. The number of hydrogen-bond donors (Lipinski definition) is 0. The van der Waals surface area contributed by atoms with Crippen molar-refractivity contribution < 1.29 is 9.47 Å². The van der Waals surface area contributed by atoms with Crippen LogP contribution in [0.2, 0.25) is 5.02 Å². The molecule has 0 bridgehead atoms. The van der Waals surface area contributed by atoms with Crippen LogP contribution in [-0.4, -0.2) is 49.3 Å². The van der Waals surface area contributed by atoms with Crippen molar-refractivity contribution in [2.45, 2.75) is 13.3 Å². The van der Waals surface area contributed by atoms with Gasteiger partial charge in [0.25, 0.3) is 0 Å². The van der Waals surface area contributed by atoms with E-state index in [0.29, 0.717) is 17.5 Å². The molecule has 22 heavy (non-hydrogen) atoms. The number of nitrogens with zero attached hydrogens (tertiary/aromatic N) is 2. The molecule has 1 fully saturated rings. The van der Waals surface area contributed by atoms with Gasteiger partial charge < -0.3 is 9.47 Å². The van der Waals surface area contributed by atoms with E-state index in [1.165, 1.54) is 0 Å². The summed E-state index contributed by atoms with van der Waals surface area (Å²) < 4.78 is 11.3. The van der Waals surface area contributed by atoms with Gasteiger partial charge in [0.1, 0.15) is 6.61 Å². The highest BCUT2D eigenvalue weighted by atomic mass is 35.5. The molecule has 1 aliphatic rings. The van der Waals surface area contributed by atoms with Crippen LogP contribution >= 0.6 is 11.6 Å².